The van der Waals surface area contributed by atoms with Crippen LogP contribution in [0.1, 0.15) is 43.8 Å². The van der Waals surface area contributed by atoms with E-state index in [1.165, 1.54) is 6.92 Å². The summed E-state index contributed by atoms with van der Waals surface area (Å²) in [6.07, 6.45) is 2.62. The molecule has 128 valence electrons. The van der Waals surface area contributed by atoms with E-state index in [2.05, 4.69) is 10.2 Å². The molecule has 1 saturated heterocycles. The van der Waals surface area contributed by atoms with Crippen molar-refractivity contribution in [2.45, 2.75) is 44.7 Å². The Morgan fingerprint density at radius 2 is 2.04 bits per heavy atom. The van der Waals surface area contributed by atoms with Gasteiger partial charge in [-0.05, 0) is 19.3 Å². The van der Waals surface area contributed by atoms with Gasteiger partial charge in [0.1, 0.15) is 5.82 Å². The first kappa shape index (κ1) is 16.3. The summed E-state index contributed by atoms with van der Waals surface area (Å²) in [7, 11) is -2.84. The lowest BCUT2D eigenvalue weighted by Crippen LogP contribution is -2.41. The molecule has 1 aliphatic heterocycles. The minimum absolute atomic E-state index is 0.0221. The SMILES string of the molecule is CC(=O)N(Cc1nnc(C2CC2)n1C)C1CCN(S(=O)(=O)F)C1. The Kier molecular flexibility index (Phi) is 4.13. The molecule has 0 spiro atoms. The van der Waals surface area contributed by atoms with Crippen LogP contribution in [0.3, 0.4) is 0 Å². The number of rotatable bonds is 5. The summed E-state index contributed by atoms with van der Waals surface area (Å²) in [6.45, 7) is 1.73. The van der Waals surface area contributed by atoms with Gasteiger partial charge in [-0.25, -0.2) is 0 Å². The van der Waals surface area contributed by atoms with Crippen LogP contribution in [-0.2, 0) is 28.8 Å². The molecular weight excluding hydrogens is 325 g/mol. The first-order valence-corrected chi connectivity index (χ1v) is 8.96. The van der Waals surface area contributed by atoms with Gasteiger partial charge in [0.05, 0.1) is 6.54 Å². The van der Waals surface area contributed by atoms with E-state index >= 15 is 0 Å². The van der Waals surface area contributed by atoms with Crippen LogP contribution >= 0.6 is 0 Å². The maximum atomic E-state index is 13.1. The molecule has 1 saturated carbocycles. The standard InChI is InChI=1S/C13H20FN5O3S/c1-9(20)19(11-5-6-18(7-11)23(14,21)22)8-12-15-16-13(17(12)2)10-3-4-10/h10-11H,3-8H2,1-2H3. The molecule has 1 aromatic rings. The fraction of sp³-hybridized carbons (Fsp3) is 0.769. The number of halogens is 1. The zero-order chi connectivity index (χ0) is 16.8. The summed E-state index contributed by atoms with van der Waals surface area (Å²) in [4.78, 5) is 13.5. The van der Waals surface area contributed by atoms with Gasteiger partial charge in [-0.3, -0.25) is 4.79 Å². The van der Waals surface area contributed by atoms with E-state index in [4.69, 9.17) is 0 Å². The van der Waals surface area contributed by atoms with E-state index in [1.54, 1.807) is 4.90 Å². The highest BCUT2D eigenvalue weighted by Gasteiger charge is 2.36. The normalized spacial score (nSPS) is 22.5. The third-order valence-electron chi connectivity index (χ3n) is 4.53. The minimum Gasteiger partial charge on any atom is -0.331 e. The molecule has 1 aliphatic carbocycles. The number of aromatic nitrogens is 3. The molecular formula is C13H20FN5O3S. The van der Waals surface area contributed by atoms with Gasteiger partial charge < -0.3 is 9.47 Å². The zero-order valence-electron chi connectivity index (χ0n) is 13.1. The quantitative estimate of drug-likeness (QED) is 0.718. The highest BCUT2D eigenvalue weighted by molar-refractivity contribution is 7.83. The summed E-state index contributed by atoms with van der Waals surface area (Å²) in [6, 6.07) is -0.348. The molecule has 1 aromatic heterocycles. The van der Waals surface area contributed by atoms with Gasteiger partial charge in [0.25, 0.3) is 0 Å². The van der Waals surface area contributed by atoms with Crippen molar-refractivity contribution in [3.63, 3.8) is 0 Å². The first-order valence-electron chi connectivity index (χ1n) is 7.62. The van der Waals surface area contributed by atoms with E-state index < -0.39 is 10.4 Å². The maximum Gasteiger partial charge on any atom is 0.374 e. The largest absolute Gasteiger partial charge is 0.374 e. The third kappa shape index (κ3) is 3.37. The summed E-state index contributed by atoms with van der Waals surface area (Å²) in [5.74, 6) is 1.83. The molecule has 0 aromatic carbocycles. The first-order chi connectivity index (χ1) is 10.8. The lowest BCUT2D eigenvalue weighted by Gasteiger charge is -2.27. The van der Waals surface area contributed by atoms with Crippen molar-refractivity contribution < 1.29 is 17.1 Å². The smallest absolute Gasteiger partial charge is 0.331 e. The number of hydrogen-bond donors (Lipinski definition) is 0. The van der Waals surface area contributed by atoms with Gasteiger partial charge in [-0.1, -0.05) is 3.89 Å². The average molecular weight is 345 g/mol. The van der Waals surface area contributed by atoms with Crippen LogP contribution in [0.2, 0.25) is 0 Å². The van der Waals surface area contributed by atoms with Crippen LogP contribution in [0.25, 0.3) is 0 Å². The number of carbonyl (C=O) groups is 1. The number of amides is 1. The van der Waals surface area contributed by atoms with Crippen molar-refractivity contribution in [1.82, 2.24) is 24.0 Å². The van der Waals surface area contributed by atoms with Crippen molar-refractivity contribution in [3.05, 3.63) is 11.6 Å². The highest BCUT2D eigenvalue weighted by atomic mass is 32.3. The predicted octanol–water partition coefficient (Wildman–Crippen LogP) is 0.330. The second-order valence-electron chi connectivity index (χ2n) is 6.20. The van der Waals surface area contributed by atoms with Gasteiger partial charge >= 0.3 is 10.4 Å². The lowest BCUT2D eigenvalue weighted by atomic mass is 10.2. The van der Waals surface area contributed by atoms with E-state index in [1.807, 2.05) is 11.6 Å². The van der Waals surface area contributed by atoms with Crippen molar-refractivity contribution in [2.75, 3.05) is 13.1 Å². The Balaban J connectivity index is 1.74. The minimum atomic E-state index is -4.71. The van der Waals surface area contributed by atoms with Crippen molar-refractivity contribution in [1.29, 1.82) is 0 Å². The van der Waals surface area contributed by atoms with Gasteiger partial charge in [0.15, 0.2) is 5.82 Å². The molecule has 2 aliphatic rings. The molecule has 1 unspecified atom stereocenters. The molecule has 2 fully saturated rings. The summed E-state index contributed by atoms with van der Waals surface area (Å²) >= 11 is 0. The summed E-state index contributed by atoms with van der Waals surface area (Å²) in [5.41, 5.74) is 0. The molecule has 1 atom stereocenters. The van der Waals surface area contributed by atoms with E-state index in [0.29, 0.717) is 18.2 Å². The molecule has 23 heavy (non-hydrogen) atoms. The lowest BCUT2D eigenvalue weighted by molar-refractivity contribution is -0.131. The Labute approximate surface area is 134 Å². The molecule has 0 bridgehead atoms. The second kappa shape index (κ2) is 5.82. The van der Waals surface area contributed by atoms with Gasteiger partial charge in [0, 0.05) is 39.0 Å². The molecule has 1 amide bonds. The molecule has 0 N–H and O–H groups in total. The van der Waals surface area contributed by atoms with Gasteiger partial charge in [0.2, 0.25) is 5.91 Å². The Hall–Kier alpha value is -1.55. The Morgan fingerprint density at radius 1 is 1.35 bits per heavy atom. The van der Waals surface area contributed by atoms with E-state index in [0.717, 1.165) is 23.0 Å². The van der Waals surface area contributed by atoms with Crippen LogP contribution < -0.4 is 0 Å². The summed E-state index contributed by atoms with van der Waals surface area (Å²) in [5, 5.41) is 8.33. The number of carbonyl (C=O) groups excluding carboxylic acids is 1. The maximum absolute atomic E-state index is 13.1. The monoisotopic (exact) mass is 345 g/mol. The predicted molar refractivity (Wildman–Crippen MR) is 79.2 cm³/mol. The summed E-state index contributed by atoms with van der Waals surface area (Å²) < 4.78 is 37.7. The van der Waals surface area contributed by atoms with Crippen LogP contribution in [0, 0.1) is 0 Å². The average Bonchev–Trinajstić information content (AvgIpc) is 3.04. The zero-order valence-corrected chi connectivity index (χ0v) is 14.0. The van der Waals surface area contributed by atoms with Crippen LogP contribution in [-0.4, -0.2) is 57.4 Å². The van der Waals surface area contributed by atoms with Crippen molar-refractivity contribution in [2.24, 2.45) is 7.05 Å². The highest BCUT2D eigenvalue weighted by Crippen LogP contribution is 2.38. The second-order valence-corrected chi connectivity index (χ2v) is 7.54. The molecule has 2 heterocycles. The fourth-order valence-corrected chi connectivity index (χ4v) is 3.70. The third-order valence-corrected chi connectivity index (χ3v) is 5.48. The van der Waals surface area contributed by atoms with E-state index in [9.17, 15) is 17.1 Å². The molecule has 0 radical (unpaired) electrons. The molecule has 8 nitrogen and oxygen atoms in total. The molecule has 3 rings (SSSR count). The van der Waals surface area contributed by atoms with Crippen molar-refractivity contribution in [3.8, 4) is 0 Å². The molecule has 10 heteroatoms. The number of hydrogen-bond acceptors (Lipinski definition) is 5. The van der Waals surface area contributed by atoms with Crippen molar-refractivity contribution >= 4 is 16.3 Å². The fourth-order valence-electron chi connectivity index (χ4n) is 3.02. The van der Waals surface area contributed by atoms with Crippen LogP contribution in [0.15, 0.2) is 0 Å². The van der Waals surface area contributed by atoms with Crippen LogP contribution in [0.4, 0.5) is 3.89 Å². The number of nitrogens with zero attached hydrogens (tertiary/aromatic N) is 5. The topological polar surface area (TPSA) is 88.4 Å². The Bertz CT molecular complexity index is 715. The van der Waals surface area contributed by atoms with Gasteiger partial charge in [-0.2, -0.15) is 12.7 Å². The Morgan fingerprint density at radius 3 is 2.57 bits per heavy atom. The van der Waals surface area contributed by atoms with Crippen LogP contribution in [0.5, 0.6) is 0 Å². The van der Waals surface area contributed by atoms with Gasteiger partial charge in [-0.15, -0.1) is 10.2 Å². The van der Waals surface area contributed by atoms with E-state index in [-0.39, 0.29) is 31.6 Å².